The highest BCUT2D eigenvalue weighted by atomic mass is 16.5. The van der Waals surface area contributed by atoms with Gasteiger partial charge in [-0.3, -0.25) is 4.99 Å². The van der Waals surface area contributed by atoms with Gasteiger partial charge in [-0.15, -0.1) is 0 Å². The Balaban J connectivity index is 1.67. The van der Waals surface area contributed by atoms with Gasteiger partial charge in [-0.25, -0.2) is 0 Å². The maximum atomic E-state index is 5.65. The van der Waals surface area contributed by atoms with Gasteiger partial charge < -0.3 is 20.1 Å². The van der Waals surface area contributed by atoms with Gasteiger partial charge >= 0.3 is 0 Å². The number of nitrogens with zero attached hydrogens (tertiary/aromatic N) is 1. The predicted molar refractivity (Wildman–Crippen MR) is 106 cm³/mol. The largest absolute Gasteiger partial charge is 0.497 e. The van der Waals surface area contributed by atoms with Gasteiger partial charge in [0.05, 0.1) is 7.11 Å². The molecule has 1 aliphatic carbocycles. The highest BCUT2D eigenvalue weighted by molar-refractivity contribution is 5.80. The SMILES string of the molecule is CN=C(NCC1(c2ccc(OC)cc2)CCOCC1)NC1CCCCC1. The van der Waals surface area contributed by atoms with E-state index < -0.39 is 0 Å². The van der Waals surface area contributed by atoms with Crippen LogP contribution in [0.3, 0.4) is 0 Å². The average Bonchev–Trinajstić information content (AvgIpc) is 2.72. The molecule has 0 spiro atoms. The summed E-state index contributed by atoms with van der Waals surface area (Å²) in [5.74, 6) is 1.83. The number of nitrogens with one attached hydrogen (secondary N) is 2. The van der Waals surface area contributed by atoms with Crippen molar-refractivity contribution in [1.29, 1.82) is 0 Å². The quantitative estimate of drug-likeness (QED) is 0.626. The van der Waals surface area contributed by atoms with Crippen LogP contribution in [0.2, 0.25) is 0 Å². The molecular weight excluding hydrogens is 326 g/mol. The molecule has 5 heteroatoms. The molecule has 3 rings (SSSR count). The second kappa shape index (κ2) is 9.26. The first-order chi connectivity index (χ1) is 12.8. The summed E-state index contributed by atoms with van der Waals surface area (Å²) in [5.41, 5.74) is 1.43. The predicted octanol–water partition coefficient (Wildman–Crippen LogP) is 3.24. The van der Waals surface area contributed by atoms with E-state index in [4.69, 9.17) is 9.47 Å². The van der Waals surface area contributed by atoms with Crippen LogP contribution in [-0.4, -0.2) is 45.9 Å². The fourth-order valence-corrected chi connectivity index (χ4v) is 4.16. The molecule has 0 amide bonds. The Hall–Kier alpha value is -1.75. The molecule has 1 aromatic rings. The third-order valence-corrected chi connectivity index (χ3v) is 5.92. The first-order valence-corrected chi connectivity index (χ1v) is 9.95. The molecule has 2 fully saturated rings. The van der Waals surface area contributed by atoms with Gasteiger partial charge in [-0.1, -0.05) is 31.4 Å². The fourth-order valence-electron chi connectivity index (χ4n) is 4.16. The minimum Gasteiger partial charge on any atom is -0.497 e. The van der Waals surface area contributed by atoms with Gasteiger partial charge in [0.25, 0.3) is 0 Å². The van der Waals surface area contributed by atoms with Crippen molar-refractivity contribution in [3.8, 4) is 5.75 Å². The zero-order valence-electron chi connectivity index (χ0n) is 16.2. The number of aliphatic imine (C=N–C) groups is 1. The summed E-state index contributed by atoms with van der Waals surface area (Å²) in [4.78, 5) is 4.46. The zero-order chi connectivity index (χ0) is 18.2. The van der Waals surface area contributed by atoms with Crippen LogP contribution in [0.5, 0.6) is 5.75 Å². The van der Waals surface area contributed by atoms with Crippen molar-refractivity contribution in [3.05, 3.63) is 29.8 Å². The number of methoxy groups -OCH3 is 1. The molecule has 0 aromatic heterocycles. The molecule has 0 unspecified atom stereocenters. The summed E-state index contributed by atoms with van der Waals surface area (Å²) in [6, 6.07) is 9.07. The summed E-state index contributed by atoms with van der Waals surface area (Å²) in [5, 5.41) is 7.23. The number of guanidine groups is 1. The molecule has 26 heavy (non-hydrogen) atoms. The Bertz CT molecular complexity index is 573. The van der Waals surface area contributed by atoms with E-state index in [1.807, 2.05) is 7.05 Å². The number of hydrogen-bond donors (Lipinski definition) is 2. The Kier molecular flexibility index (Phi) is 6.78. The molecule has 0 bridgehead atoms. The van der Waals surface area contributed by atoms with Crippen LogP contribution in [0.15, 0.2) is 29.3 Å². The zero-order valence-corrected chi connectivity index (χ0v) is 16.2. The van der Waals surface area contributed by atoms with Gasteiger partial charge in [-0.2, -0.15) is 0 Å². The monoisotopic (exact) mass is 359 g/mol. The third-order valence-electron chi connectivity index (χ3n) is 5.92. The van der Waals surface area contributed by atoms with E-state index in [1.165, 1.54) is 37.7 Å². The first kappa shape index (κ1) is 19.0. The second-order valence-electron chi connectivity index (χ2n) is 7.53. The van der Waals surface area contributed by atoms with Crippen molar-refractivity contribution < 1.29 is 9.47 Å². The Morgan fingerprint density at radius 1 is 1.15 bits per heavy atom. The van der Waals surface area contributed by atoms with Crippen molar-refractivity contribution in [2.24, 2.45) is 4.99 Å². The molecule has 144 valence electrons. The van der Waals surface area contributed by atoms with E-state index in [2.05, 4.69) is 39.9 Å². The maximum Gasteiger partial charge on any atom is 0.191 e. The molecule has 2 N–H and O–H groups in total. The highest BCUT2D eigenvalue weighted by Gasteiger charge is 2.34. The number of benzene rings is 1. The topological polar surface area (TPSA) is 54.9 Å². The summed E-state index contributed by atoms with van der Waals surface area (Å²) in [6.45, 7) is 2.49. The standard InChI is InChI=1S/C21H33N3O2/c1-22-20(24-18-6-4-3-5-7-18)23-16-21(12-14-26-15-13-21)17-8-10-19(25-2)11-9-17/h8-11,18H,3-7,12-16H2,1-2H3,(H2,22,23,24). The van der Waals surface area contributed by atoms with Crippen LogP contribution >= 0.6 is 0 Å². The normalized spacial score (nSPS) is 21.2. The maximum absolute atomic E-state index is 5.65. The molecule has 1 aromatic carbocycles. The van der Waals surface area contributed by atoms with E-state index in [0.29, 0.717) is 6.04 Å². The lowest BCUT2D eigenvalue weighted by Gasteiger charge is -2.38. The van der Waals surface area contributed by atoms with E-state index in [-0.39, 0.29) is 5.41 Å². The van der Waals surface area contributed by atoms with Crippen LogP contribution in [0, 0.1) is 0 Å². The lowest BCUT2D eigenvalue weighted by Crippen LogP contribution is -2.50. The third kappa shape index (κ3) is 4.70. The second-order valence-corrected chi connectivity index (χ2v) is 7.53. The minimum absolute atomic E-state index is 0.0781. The molecule has 1 saturated carbocycles. The summed E-state index contributed by atoms with van der Waals surface area (Å²) < 4.78 is 11.0. The Morgan fingerprint density at radius 2 is 1.85 bits per heavy atom. The highest BCUT2D eigenvalue weighted by Crippen LogP contribution is 2.35. The van der Waals surface area contributed by atoms with Gasteiger partial charge in [-0.05, 0) is 43.4 Å². The van der Waals surface area contributed by atoms with E-state index >= 15 is 0 Å². The van der Waals surface area contributed by atoms with E-state index in [9.17, 15) is 0 Å². The lowest BCUT2D eigenvalue weighted by molar-refractivity contribution is 0.0513. The Labute approximate surface area is 157 Å². The average molecular weight is 360 g/mol. The molecular formula is C21H33N3O2. The van der Waals surface area contributed by atoms with E-state index in [1.54, 1.807) is 7.11 Å². The number of ether oxygens (including phenoxy) is 2. The summed E-state index contributed by atoms with van der Waals surface area (Å²) >= 11 is 0. The molecule has 1 saturated heterocycles. The van der Waals surface area contributed by atoms with Crippen LogP contribution in [0.1, 0.15) is 50.5 Å². The molecule has 0 atom stereocenters. The summed E-state index contributed by atoms with van der Waals surface area (Å²) in [7, 11) is 3.57. The van der Waals surface area contributed by atoms with Crippen LogP contribution < -0.4 is 15.4 Å². The smallest absolute Gasteiger partial charge is 0.191 e. The van der Waals surface area contributed by atoms with Gasteiger partial charge in [0, 0.05) is 38.3 Å². The van der Waals surface area contributed by atoms with Gasteiger partial charge in [0.1, 0.15) is 5.75 Å². The van der Waals surface area contributed by atoms with Crippen LogP contribution in [0.4, 0.5) is 0 Å². The molecule has 2 aliphatic rings. The van der Waals surface area contributed by atoms with Crippen molar-refractivity contribution in [2.45, 2.75) is 56.4 Å². The molecule has 0 radical (unpaired) electrons. The lowest BCUT2D eigenvalue weighted by atomic mass is 9.74. The van der Waals surface area contributed by atoms with Crippen LogP contribution in [-0.2, 0) is 10.2 Å². The first-order valence-electron chi connectivity index (χ1n) is 9.95. The van der Waals surface area contributed by atoms with E-state index in [0.717, 1.165) is 44.3 Å². The van der Waals surface area contributed by atoms with Crippen molar-refractivity contribution in [1.82, 2.24) is 10.6 Å². The minimum atomic E-state index is 0.0781. The number of rotatable bonds is 5. The van der Waals surface area contributed by atoms with Crippen LogP contribution in [0.25, 0.3) is 0 Å². The molecule has 5 nitrogen and oxygen atoms in total. The Morgan fingerprint density at radius 3 is 2.46 bits per heavy atom. The van der Waals surface area contributed by atoms with Crippen molar-refractivity contribution in [2.75, 3.05) is 33.9 Å². The molecule has 1 heterocycles. The van der Waals surface area contributed by atoms with Crippen molar-refractivity contribution >= 4 is 5.96 Å². The van der Waals surface area contributed by atoms with Gasteiger partial charge in [0.2, 0.25) is 0 Å². The fraction of sp³-hybridized carbons (Fsp3) is 0.667. The van der Waals surface area contributed by atoms with Crippen molar-refractivity contribution in [3.63, 3.8) is 0 Å². The number of hydrogen-bond acceptors (Lipinski definition) is 3. The van der Waals surface area contributed by atoms with Gasteiger partial charge in [0.15, 0.2) is 5.96 Å². The molecule has 1 aliphatic heterocycles. The summed E-state index contributed by atoms with van der Waals surface area (Å²) in [6.07, 6.45) is 8.55.